The molecule has 0 aromatic heterocycles. The van der Waals surface area contributed by atoms with Gasteiger partial charge in [0.2, 0.25) is 0 Å². The van der Waals surface area contributed by atoms with Gasteiger partial charge in [-0.3, -0.25) is 0 Å². The average Bonchev–Trinajstić information content (AvgIpc) is 3.24. The molecule has 0 saturated heterocycles. The number of unbranched alkanes of at least 4 members (excludes halogenated alkanes) is 1. The third kappa shape index (κ3) is 4.90. The van der Waals surface area contributed by atoms with Gasteiger partial charge < -0.3 is 10.0 Å². The van der Waals surface area contributed by atoms with Gasteiger partial charge in [-0.2, -0.15) is 0 Å². The number of hydrogen-bond donors (Lipinski definition) is 1. The number of nitrogens with zero attached hydrogens (tertiary/aromatic N) is 1. The van der Waals surface area contributed by atoms with Crippen LogP contribution >= 0.6 is 15.9 Å². The van der Waals surface area contributed by atoms with E-state index in [2.05, 4.69) is 27.8 Å². The van der Waals surface area contributed by atoms with Crippen LogP contribution in [0.1, 0.15) is 50.7 Å². The van der Waals surface area contributed by atoms with Gasteiger partial charge in [0, 0.05) is 17.1 Å². The van der Waals surface area contributed by atoms with Gasteiger partial charge >= 0.3 is 0 Å². The van der Waals surface area contributed by atoms with Gasteiger partial charge in [0.1, 0.15) is 0 Å². The zero-order chi connectivity index (χ0) is 13.7. The summed E-state index contributed by atoms with van der Waals surface area (Å²) in [6, 6.07) is 8.79. The maximum Gasteiger partial charge on any atom is 0.0802 e. The van der Waals surface area contributed by atoms with Crippen LogP contribution in [0.15, 0.2) is 28.7 Å². The summed E-state index contributed by atoms with van der Waals surface area (Å²) < 4.78 is 1.06. The molecule has 2 nitrogen and oxygen atoms in total. The first-order chi connectivity index (χ1) is 9.20. The number of halogens is 1. The summed E-state index contributed by atoms with van der Waals surface area (Å²) in [4.78, 5) is 2.56. The molecule has 0 bridgehead atoms. The quantitative estimate of drug-likeness (QED) is 0.776. The number of rotatable bonds is 8. The molecule has 1 aliphatic rings. The highest BCUT2D eigenvalue weighted by Gasteiger charge is 2.28. The van der Waals surface area contributed by atoms with Gasteiger partial charge in [-0.1, -0.05) is 41.4 Å². The molecule has 19 heavy (non-hydrogen) atoms. The zero-order valence-corrected chi connectivity index (χ0v) is 13.3. The first-order valence-electron chi connectivity index (χ1n) is 7.38. The molecule has 0 aliphatic heterocycles. The van der Waals surface area contributed by atoms with Crippen molar-refractivity contribution in [3.63, 3.8) is 0 Å². The van der Waals surface area contributed by atoms with E-state index in [1.807, 2.05) is 24.3 Å². The number of aliphatic hydroxyl groups excluding tert-OH is 1. The molecule has 2 rings (SSSR count). The van der Waals surface area contributed by atoms with E-state index in [-0.39, 0.29) is 6.10 Å². The van der Waals surface area contributed by atoms with Crippen LogP contribution in [-0.2, 0) is 0 Å². The van der Waals surface area contributed by atoms with Crippen molar-refractivity contribution >= 4 is 15.9 Å². The van der Waals surface area contributed by atoms with Crippen molar-refractivity contribution in [1.82, 2.24) is 4.90 Å². The maximum atomic E-state index is 10.2. The van der Waals surface area contributed by atoms with E-state index in [4.69, 9.17) is 0 Å². The van der Waals surface area contributed by atoms with E-state index in [0.29, 0.717) is 0 Å². The van der Waals surface area contributed by atoms with Crippen LogP contribution in [0.25, 0.3) is 0 Å². The van der Waals surface area contributed by atoms with Crippen LogP contribution in [-0.4, -0.2) is 29.1 Å². The highest BCUT2D eigenvalue weighted by Crippen LogP contribution is 2.28. The third-order valence-corrected chi connectivity index (χ3v) is 4.34. The predicted molar refractivity (Wildman–Crippen MR) is 83.2 cm³/mol. The molecule has 1 aromatic rings. The molecular formula is C16H24BrNO. The molecule has 1 fully saturated rings. The molecule has 0 spiro atoms. The summed E-state index contributed by atoms with van der Waals surface area (Å²) in [5.74, 6) is 0. The normalized spacial score (nSPS) is 16.8. The monoisotopic (exact) mass is 325 g/mol. The van der Waals surface area contributed by atoms with Crippen molar-refractivity contribution < 1.29 is 5.11 Å². The van der Waals surface area contributed by atoms with Crippen molar-refractivity contribution in [3.05, 3.63) is 34.3 Å². The first kappa shape index (κ1) is 15.0. The molecule has 0 heterocycles. The number of aliphatic hydroxyl groups is 1. The van der Waals surface area contributed by atoms with Gasteiger partial charge in [0.05, 0.1) is 6.10 Å². The molecule has 3 heteroatoms. The topological polar surface area (TPSA) is 23.5 Å². The van der Waals surface area contributed by atoms with Crippen LogP contribution in [0.5, 0.6) is 0 Å². The summed E-state index contributed by atoms with van der Waals surface area (Å²) >= 11 is 3.42. The smallest absolute Gasteiger partial charge is 0.0802 e. The van der Waals surface area contributed by atoms with Crippen molar-refractivity contribution in [2.45, 2.75) is 51.2 Å². The number of hydrogen-bond acceptors (Lipinski definition) is 2. The van der Waals surface area contributed by atoms with Crippen molar-refractivity contribution in [2.24, 2.45) is 0 Å². The Kier molecular flexibility index (Phi) is 5.86. The van der Waals surface area contributed by atoms with E-state index < -0.39 is 0 Å². The highest BCUT2D eigenvalue weighted by atomic mass is 79.9. The van der Waals surface area contributed by atoms with Gasteiger partial charge in [0.25, 0.3) is 0 Å². The Morgan fingerprint density at radius 2 is 1.95 bits per heavy atom. The van der Waals surface area contributed by atoms with E-state index in [1.54, 1.807) is 0 Å². The Bertz CT molecular complexity index is 375. The zero-order valence-electron chi connectivity index (χ0n) is 11.7. The summed E-state index contributed by atoms with van der Waals surface area (Å²) in [5, 5.41) is 10.2. The lowest BCUT2D eigenvalue weighted by atomic mass is 10.1. The number of benzene rings is 1. The minimum absolute atomic E-state index is 0.337. The van der Waals surface area contributed by atoms with Crippen LogP contribution in [0.4, 0.5) is 0 Å². The standard InChI is InChI=1S/C16H24BrNO/c1-2-3-11-18(15-8-9-15)12-10-16(19)13-4-6-14(17)7-5-13/h4-7,15-16,19H,2-3,8-12H2,1H3. The van der Waals surface area contributed by atoms with E-state index in [0.717, 1.165) is 29.0 Å². The van der Waals surface area contributed by atoms with Crippen molar-refractivity contribution in [1.29, 1.82) is 0 Å². The highest BCUT2D eigenvalue weighted by molar-refractivity contribution is 9.10. The molecular weight excluding hydrogens is 302 g/mol. The Hall–Kier alpha value is -0.380. The minimum Gasteiger partial charge on any atom is -0.388 e. The Labute approximate surface area is 124 Å². The minimum atomic E-state index is -0.337. The van der Waals surface area contributed by atoms with E-state index in [1.165, 1.54) is 32.2 Å². The van der Waals surface area contributed by atoms with Crippen LogP contribution in [0, 0.1) is 0 Å². The van der Waals surface area contributed by atoms with E-state index >= 15 is 0 Å². The van der Waals surface area contributed by atoms with Crippen molar-refractivity contribution in [2.75, 3.05) is 13.1 Å². The van der Waals surface area contributed by atoms with Crippen LogP contribution < -0.4 is 0 Å². The first-order valence-corrected chi connectivity index (χ1v) is 8.17. The predicted octanol–water partition coefficient (Wildman–Crippen LogP) is 4.14. The Morgan fingerprint density at radius 1 is 1.26 bits per heavy atom. The average molecular weight is 326 g/mol. The largest absolute Gasteiger partial charge is 0.388 e. The van der Waals surface area contributed by atoms with Gasteiger partial charge in [-0.25, -0.2) is 0 Å². The molecule has 0 radical (unpaired) electrons. The van der Waals surface area contributed by atoms with Gasteiger partial charge in [-0.05, 0) is 49.9 Å². The lowest BCUT2D eigenvalue weighted by Crippen LogP contribution is -2.29. The summed E-state index contributed by atoms with van der Waals surface area (Å²) in [7, 11) is 0. The fraction of sp³-hybridized carbons (Fsp3) is 0.625. The van der Waals surface area contributed by atoms with Gasteiger partial charge in [0.15, 0.2) is 0 Å². The fourth-order valence-corrected chi connectivity index (χ4v) is 2.68. The fourth-order valence-electron chi connectivity index (χ4n) is 2.42. The Balaban J connectivity index is 1.80. The maximum absolute atomic E-state index is 10.2. The summed E-state index contributed by atoms with van der Waals surface area (Å²) in [5.41, 5.74) is 1.02. The molecule has 106 valence electrons. The second kappa shape index (κ2) is 7.41. The summed E-state index contributed by atoms with van der Waals surface area (Å²) in [6.07, 6.45) is 5.71. The molecule has 1 N–H and O–H groups in total. The summed E-state index contributed by atoms with van der Waals surface area (Å²) in [6.45, 7) is 4.44. The SMILES string of the molecule is CCCCN(CCC(O)c1ccc(Br)cc1)C1CC1. The molecule has 1 atom stereocenters. The second-order valence-corrected chi connectivity index (χ2v) is 6.39. The second-order valence-electron chi connectivity index (χ2n) is 5.48. The third-order valence-electron chi connectivity index (χ3n) is 3.81. The molecule has 1 unspecified atom stereocenters. The van der Waals surface area contributed by atoms with Crippen molar-refractivity contribution in [3.8, 4) is 0 Å². The van der Waals surface area contributed by atoms with Crippen LogP contribution in [0.2, 0.25) is 0 Å². The molecule has 1 saturated carbocycles. The van der Waals surface area contributed by atoms with E-state index in [9.17, 15) is 5.11 Å². The lowest BCUT2D eigenvalue weighted by Gasteiger charge is -2.23. The molecule has 1 aliphatic carbocycles. The lowest BCUT2D eigenvalue weighted by molar-refractivity contribution is 0.138. The molecule has 1 aromatic carbocycles. The Morgan fingerprint density at radius 3 is 2.53 bits per heavy atom. The molecule has 0 amide bonds. The van der Waals surface area contributed by atoms with Gasteiger partial charge in [-0.15, -0.1) is 0 Å². The van der Waals surface area contributed by atoms with Crippen LogP contribution in [0.3, 0.4) is 0 Å².